The molecule has 0 bridgehead atoms. The van der Waals surface area contributed by atoms with Gasteiger partial charge in [0.1, 0.15) is 46.3 Å². The first-order valence-electron chi connectivity index (χ1n) is 25.2. The summed E-state index contributed by atoms with van der Waals surface area (Å²) in [5.74, 6) is 0.138. The van der Waals surface area contributed by atoms with Gasteiger partial charge in [0, 0.05) is 118 Å². The number of likely N-dealkylation sites (tertiary alicyclic amines) is 2. The molecule has 388 valence electrons. The number of carbonyl (C=O) groups is 3. The van der Waals surface area contributed by atoms with Crippen LogP contribution in [0.5, 0.6) is 5.75 Å². The molecule has 0 saturated carbocycles. The van der Waals surface area contributed by atoms with Crippen LogP contribution in [0.25, 0.3) is 0 Å². The molecule has 1 spiro atoms. The number of aromatic nitrogens is 6. The number of pyridine rings is 1. The number of piperidine rings is 3. The molecule has 9 rings (SSSR count). The van der Waals surface area contributed by atoms with E-state index in [1.165, 1.54) is 33.5 Å². The minimum atomic E-state index is -0.910. The molecule has 5 saturated heterocycles. The van der Waals surface area contributed by atoms with Crippen LogP contribution in [-0.2, 0) is 32.3 Å². The Morgan fingerprint density at radius 2 is 1.78 bits per heavy atom. The molecule has 5 N–H and O–H groups in total. The fraction of sp³-hybridized carbons (Fsp3) is 0.600. The zero-order valence-corrected chi connectivity index (χ0v) is 42.9. The van der Waals surface area contributed by atoms with Crippen LogP contribution in [0.4, 0.5) is 16.0 Å². The van der Waals surface area contributed by atoms with E-state index in [2.05, 4.69) is 30.4 Å². The van der Waals surface area contributed by atoms with E-state index in [-0.39, 0.29) is 73.4 Å². The van der Waals surface area contributed by atoms with Gasteiger partial charge in [-0.3, -0.25) is 14.4 Å². The van der Waals surface area contributed by atoms with Crippen LogP contribution in [0.2, 0.25) is 5.02 Å². The number of ether oxygens (including phenoxy) is 2. The number of rotatable bonds is 14. The Hall–Kier alpha value is -5.19. The van der Waals surface area contributed by atoms with Crippen molar-refractivity contribution in [3.05, 3.63) is 70.6 Å². The highest BCUT2D eigenvalue weighted by Gasteiger charge is 2.48. The number of β-amino-alcohol motifs (C(OH)–C–C–N with tert-alkyl or cyclic N) is 1. The van der Waals surface area contributed by atoms with Crippen molar-refractivity contribution in [1.82, 2.24) is 45.1 Å². The molecule has 5 aliphatic heterocycles. The predicted molar refractivity (Wildman–Crippen MR) is 267 cm³/mol. The number of benzene rings is 1. The number of carbonyl (C=O) groups excluding carboxylic acids is 3. The van der Waals surface area contributed by atoms with E-state index in [9.17, 15) is 29.0 Å². The molecular formula is C50H66ClFN12O7S. The Balaban J connectivity index is 0.747. The van der Waals surface area contributed by atoms with Gasteiger partial charge in [0.05, 0.1) is 42.3 Å². The molecule has 19 nitrogen and oxygen atoms in total. The average Bonchev–Trinajstić information content (AvgIpc) is 4.07. The lowest BCUT2D eigenvalue weighted by atomic mass is 9.73. The molecule has 5 fully saturated rings. The number of hydrogen-bond acceptors (Lipinski definition) is 16. The second-order valence-corrected chi connectivity index (χ2v) is 21.8. The first-order chi connectivity index (χ1) is 34.6. The molecule has 0 aliphatic carbocycles. The van der Waals surface area contributed by atoms with E-state index in [4.69, 9.17) is 36.8 Å². The summed E-state index contributed by atoms with van der Waals surface area (Å²) in [4.78, 5) is 63.9. The van der Waals surface area contributed by atoms with Crippen LogP contribution in [0.3, 0.4) is 0 Å². The van der Waals surface area contributed by atoms with E-state index < -0.39 is 29.9 Å². The third kappa shape index (κ3) is 11.0. The highest BCUT2D eigenvalue weighted by atomic mass is 35.5. The second kappa shape index (κ2) is 22.1. The molecular weight excluding hydrogens is 967 g/mol. The lowest BCUT2D eigenvalue weighted by molar-refractivity contribution is -0.142. The number of halogens is 2. The lowest BCUT2D eigenvalue weighted by Gasteiger charge is -2.41. The van der Waals surface area contributed by atoms with Crippen molar-refractivity contribution in [2.45, 2.75) is 132 Å². The van der Waals surface area contributed by atoms with Crippen molar-refractivity contribution < 1.29 is 38.5 Å². The largest absolute Gasteiger partial charge is 0.490 e. The second-order valence-electron chi connectivity index (χ2n) is 20.4. The van der Waals surface area contributed by atoms with Crippen molar-refractivity contribution in [2.75, 3.05) is 62.2 Å². The van der Waals surface area contributed by atoms with Crippen LogP contribution in [0.15, 0.2) is 52.8 Å². The molecule has 3 amide bonds. The predicted octanol–water partition coefficient (Wildman–Crippen LogP) is 4.30. The smallest absolute Gasteiger partial charge is 0.248 e. The van der Waals surface area contributed by atoms with E-state index >= 15 is 0 Å². The molecule has 0 unspecified atom stereocenters. The van der Waals surface area contributed by atoms with Crippen LogP contribution in [0.1, 0.15) is 88.7 Å². The summed E-state index contributed by atoms with van der Waals surface area (Å²) in [6, 6.07) is 4.40. The minimum absolute atomic E-state index is 0.00257. The summed E-state index contributed by atoms with van der Waals surface area (Å²) in [6.45, 7) is 11.7. The summed E-state index contributed by atoms with van der Waals surface area (Å²) in [7, 11) is 0. The van der Waals surface area contributed by atoms with Gasteiger partial charge in [-0.15, -0.1) is 5.10 Å². The monoisotopic (exact) mass is 1030 g/mol. The third-order valence-corrected chi connectivity index (χ3v) is 16.7. The van der Waals surface area contributed by atoms with Gasteiger partial charge < -0.3 is 50.3 Å². The molecule has 0 radical (unpaired) electrons. The Morgan fingerprint density at radius 1 is 1.04 bits per heavy atom. The number of amides is 3. The van der Waals surface area contributed by atoms with Crippen molar-refractivity contribution >= 4 is 52.7 Å². The maximum absolute atomic E-state index is 14.7. The highest BCUT2D eigenvalue weighted by molar-refractivity contribution is 7.99. The molecule has 72 heavy (non-hydrogen) atoms. The summed E-state index contributed by atoms with van der Waals surface area (Å²) in [5, 5.41) is 33.1. The first kappa shape index (κ1) is 51.7. The number of nitrogens with two attached hydrogens (primary N) is 1. The molecule has 4 aromatic rings. The maximum Gasteiger partial charge on any atom is 0.248 e. The standard InChI is InChI=1S/C50H66ClFN12O7S/c1-29(2)43(64-25-30(3)58-59-64)49(69)63-26-35(66)22-38(63)47(67)56-23-33-5-6-34(52)21-39(33)71-36-10-17-62(18-11-36)48(68)32-8-15-60(16-9-32)46-42(51)40(7-14-54-46)72-41-24-55-45(37(27-65)57-41)61-19-12-50(13-20-61)28-70-31(4)44(50)53/h5-7,14,21,24-25,29,31-32,35-36,38,43-44,65-66H,8-13,15-20,22-23,26-28,53H2,1-4H3,(H,56,67)/t31-,35+,38-,43-,44+/m0/s1. The number of aliphatic hydroxyl groups excluding tert-OH is 2. The SMILES string of the molecule is Cc1cn([C@H](C(=O)N2C[C@H](O)C[C@H]2C(=O)NCc2ccc(F)cc2OC2CCN(C(=O)C3CCN(c4nccc(Sc5cnc(N6CCC7(CC6)CO[C@@H](C)[C@H]7N)c(CO)n5)c4Cl)CC3)CC2)C(C)C)nn1. The summed E-state index contributed by atoms with van der Waals surface area (Å²) < 4.78 is 28.4. The summed E-state index contributed by atoms with van der Waals surface area (Å²) in [5.41, 5.74) is 8.23. The Labute approximate surface area is 428 Å². The van der Waals surface area contributed by atoms with Gasteiger partial charge >= 0.3 is 0 Å². The number of nitrogens with one attached hydrogen (secondary N) is 1. The fourth-order valence-electron chi connectivity index (χ4n) is 11.0. The molecule has 22 heteroatoms. The van der Waals surface area contributed by atoms with Crippen molar-refractivity contribution in [1.29, 1.82) is 0 Å². The molecule has 5 aliphatic rings. The molecule has 3 aromatic heterocycles. The normalized spacial score (nSPS) is 23.3. The van der Waals surface area contributed by atoms with Gasteiger partial charge in [-0.1, -0.05) is 48.5 Å². The number of anilines is 2. The topological polar surface area (TPSA) is 231 Å². The quantitative estimate of drug-likeness (QED) is 0.138. The number of aliphatic hydroxyl groups is 2. The van der Waals surface area contributed by atoms with Crippen LogP contribution in [0, 0.1) is 30.0 Å². The maximum atomic E-state index is 14.7. The highest BCUT2D eigenvalue weighted by Crippen LogP contribution is 2.43. The van der Waals surface area contributed by atoms with E-state index in [1.54, 1.807) is 31.6 Å². The van der Waals surface area contributed by atoms with E-state index in [1.807, 2.05) is 31.7 Å². The Bertz CT molecular complexity index is 2590. The first-order valence-corrected chi connectivity index (χ1v) is 26.4. The number of hydrogen-bond donors (Lipinski definition) is 4. The zero-order chi connectivity index (χ0) is 50.8. The van der Waals surface area contributed by atoms with Gasteiger partial charge in [-0.2, -0.15) is 0 Å². The summed E-state index contributed by atoms with van der Waals surface area (Å²) in [6.07, 6.45) is 8.23. The molecule has 5 atom stereocenters. The van der Waals surface area contributed by atoms with Crippen molar-refractivity contribution in [3.63, 3.8) is 0 Å². The minimum Gasteiger partial charge on any atom is -0.490 e. The Morgan fingerprint density at radius 3 is 2.44 bits per heavy atom. The van der Waals surface area contributed by atoms with E-state index in [0.717, 1.165) is 30.8 Å². The van der Waals surface area contributed by atoms with Gasteiger partial charge in [0.15, 0.2) is 5.82 Å². The van der Waals surface area contributed by atoms with Gasteiger partial charge in [0.25, 0.3) is 0 Å². The van der Waals surface area contributed by atoms with Crippen molar-refractivity contribution in [3.8, 4) is 5.75 Å². The fourth-order valence-corrected chi connectivity index (χ4v) is 12.2. The molecule has 1 aromatic carbocycles. The zero-order valence-electron chi connectivity index (χ0n) is 41.3. The van der Waals surface area contributed by atoms with Gasteiger partial charge in [-0.05, 0) is 57.6 Å². The van der Waals surface area contributed by atoms with Crippen LogP contribution < -0.4 is 25.6 Å². The van der Waals surface area contributed by atoms with Crippen LogP contribution >= 0.6 is 23.4 Å². The van der Waals surface area contributed by atoms with E-state index in [0.29, 0.717) is 103 Å². The van der Waals surface area contributed by atoms with Gasteiger partial charge in [0.2, 0.25) is 17.7 Å². The summed E-state index contributed by atoms with van der Waals surface area (Å²) >= 11 is 8.39. The van der Waals surface area contributed by atoms with Crippen LogP contribution in [-0.4, -0.2) is 150 Å². The lowest BCUT2D eigenvalue weighted by Crippen LogP contribution is -2.51. The average molecular weight is 1030 g/mol. The van der Waals surface area contributed by atoms with Crippen molar-refractivity contribution in [2.24, 2.45) is 23.0 Å². The number of nitrogens with zero attached hydrogens (tertiary/aromatic N) is 10. The Kier molecular flexibility index (Phi) is 15.9. The van der Waals surface area contributed by atoms with Gasteiger partial charge in [-0.25, -0.2) is 24.0 Å². The number of aryl methyl sites for hydroxylation is 1. The molecule has 8 heterocycles. The third-order valence-electron chi connectivity index (χ3n) is 15.2.